The topological polar surface area (TPSA) is 89.2 Å². The first kappa shape index (κ1) is 18.2. The summed E-state index contributed by atoms with van der Waals surface area (Å²) in [5.41, 5.74) is 1.44. The van der Waals surface area contributed by atoms with Crippen molar-refractivity contribution in [3.63, 3.8) is 0 Å². The van der Waals surface area contributed by atoms with E-state index < -0.39 is 6.10 Å². The number of ether oxygens (including phenoxy) is 1. The summed E-state index contributed by atoms with van der Waals surface area (Å²) in [5.74, 6) is 0.681. The van der Waals surface area contributed by atoms with Crippen molar-refractivity contribution in [1.82, 2.24) is 5.32 Å². The van der Waals surface area contributed by atoms with Gasteiger partial charge in [0.1, 0.15) is 24.1 Å². The van der Waals surface area contributed by atoms with Crippen LogP contribution in [0.3, 0.4) is 0 Å². The molecule has 3 atom stereocenters. The zero-order valence-corrected chi connectivity index (χ0v) is 14.1. The molecule has 0 aromatic heterocycles. The molecule has 0 spiro atoms. The van der Waals surface area contributed by atoms with Gasteiger partial charge in [0.2, 0.25) is 0 Å². The fraction of sp³-hybridized carbons (Fsp3) is 0.647. The molecule has 130 valence electrons. The molecule has 0 aliphatic carbocycles. The summed E-state index contributed by atoms with van der Waals surface area (Å²) in [4.78, 5) is 0. The fourth-order valence-electron chi connectivity index (χ4n) is 3.04. The van der Waals surface area contributed by atoms with Crippen LogP contribution < -0.4 is 15.1 Å². The number of aliphatic hydroxyl groups is 2. The average molecular weight is 324 g/mol. The molecule has 0 amide bonds. The maximum atomic E-state index is 12.1. The van der Waals surface area contributed by atoms with E-state index in [1.165, 1.54) is 0 Å². The van der Waals surface area contributed by atoms with Crippen molar-refractivity contribution in [1.29, 1.82) is 0 Å². The SMILES string of the molecule is CC(CCO)NCC(O)COc1cccc2c1C(C)(C)C[NH+]2[O-]. The Hall–Kier alpha value is -1.18. The van der Waals surface area contributed by atoms with Gasteiger partial charge < -0.3 is 30.5 Å². The lowest BCUT2D eigenvalue weighted by molar-refractivity contribution is -0.773. The molecule has 0 saturated carbocycles. The summed E-state index contributed by atoms with van der Waals surface area (Å²) in [6.07, 6.45) is 0.00278. The van der Waals surface area contributed by atoms with Gasteiger partial charge in [-0.05, 0) is 39.3 Å². The highest BCUT2D eigenvalue weighted by atomic mass is 16.5. The molecule has 0 radical (unpaired) electrons. The summed E-state index contributed by atoms with van der Waals surface area (Å²) in [6, 6.07) is 5.66. The van der Waals surface area contributed by atoms with Crippen LogP contribution in [0.25, 0.3) is 0 Å². The Morgan fingerprint density at radius 3 is 2.87 bits per heavy atom. The van der Waals surface area contributed by atoms with Gasteiger partial charge in [0, 0.05) is 24.6 Å². The van der Waals surface area contributed by atoms with Crippen molar-refractivity contribution in [3.05, 3.63) is 29.0 Å². The lowest BCUT2D eigenvalue weighted by atomic mass is 9.86. The second-order valence-corrected chi connectivity index (χ2v) is 6.95. The Morgan fingerprint density at radius 2 is 2.17 bits per heavy atom. The molecular formula is C17H28N2O4. The molecule has 1 aromatic rings. The van der Waals surface area contributed by atoms with Gasteiger partial charge in [0.25, 0.3) is 0 Å². The largest absolute Gasteiger partial charge is 0.629 e. The van der Waals surface area contributed by atoms with Gasteiger partial charge in [-0.15, -0.1) is 0 Å². The molecule has 2 rings (SSSR count). The van der Waals surface area contributed by atoms with Crippen molar-refractivity contribution in [2.24, 2.45) is 0 Å². The number of quaternary nitrogens is 1. The van der Waals surface area contributed by atoms with Gasteiger partial charge in [-0.2, -0.15) is 0 Å². The van der Waals surface area contributed by atoms with Crippen molar-refractivity contribution in [2.45, 2.75) is 44.8 Å². The van der Waals surface area contributed by atoms with Gasteiger partial charge in [0.05, 0.1) is 12.1 Å². The van der Waals surface area contributed by atoms with Crippen molar-refractivity contribution >= 4 is 5.69 Å². The molecule has 1 aliphatic rings. The predicted octanol–water partition coefficient (Wildman–Crippen LogP) is 0.0922. The van der Waals surface area contributed by atoms with Crippen LogP contribution in [0.4, 0.5) is 5.69 Å². The van der Waals surface area contributed by atoms with Crippen LogP contribution in [0.1, 0.15) is 32.8 Å². The second-order valence-electron chi connectivity index (χ2n) is 6.95. The minimum absolute atomic E-state index is 0.125. The number of hydrogen-bond acceptors (Lipinski definition) is 5. The smallest absolute Gasteiger partial charge is 0.138 e. The summed E-state index contributed by atoms with van der Waals surface area (Å²) < 4.78 is 5.80. The van der Waals surface area contributed by atoms with Gasteiger partial charge >= 0.3 is 0 Å². The minimum Gasteiger partial charge on any atom is -0.629 e. The summed E-state index contributed by atoms with van der Waals surface area (Å²) in [5, 5.41) is 34.3. The van der Waals surface area contributed by atoms with Crippen molar-refractivity contribution in [2.75, 3.05) is 26.3 Å². The lowest BCUT2D eigenvalue weighted by Crippen LogP contribution is -3.01. The van der Waals surface area contributed by atoms with Crippen LogP contribution in [0.15, 0.2) is 18.2 Å². The van der Waals surface area contributed by atoms with E-state index in [0.29, 0.717) is 25.3 Å². The van der Waals surface area contributed by atoms with E-state index in [0.717, 1.165) is 11.3 Å². The van der Waals surface area contributed by atoms with E-state index in [4.69, 9.17) is 9.84 Å². The average Bonchev–Trinajstić information content (AvgIpc) is 2.73. The molecule has 1 heterocycles. The van der Waals surface area contributed by atoms with Gasteiger partial charge in [0.15, 0.2) is 0 Å². The number of fused-ring (bicyclic) bond motifs is 1. The Balaban J connectivity index is 1.95. The Labute approximate surface area is 137 Å². The van der Waals surface area contributed by atoms with E-state index in [1.807, 2.05) is 39.0 Å². The van der Waals surface area contributed by atoms with Crippen LogP contribution in [0.2, 0.25) is 0 Å². The first-order chi connectivity index (χ1) is 10.8. The quantitative estimate of drug-likeness (QED) is 0.509. The minimum atomic E-state index is -0.646. The van der Waals surface area contributed by atoms with E-state index in [1.54, 1.807) is 0 Å². The van der Waals surface area contributed by atoms with Crippen LogP contribution in [0, 0.1) is 5.21 Å². The molecule has 4 N–H and O–H groups in total. The molecule has 0 bridgehead atoms. The second kappa shape index (κ2) is 7.59. The molecule has 1 aromatic carbocycles. The first-order valence-corrected chi connectivity index (χ1v) is 8.17. The van der Waals surface area contributed by atoms with E-state index >= 15 is 0 Å². The molecule has 3 unspecified atom stereocenters. The van der Waals surface area contributed by atoms with Gasteiger partial charge in [-0.25, -0.2) is 0 Å². The van der Waals surface area contributed by atoms with E-state index in [9.17, 15) is 10.3 Å². The van der Waals surface area contributed by atoms with E-state index in [2.05, 4.69) is 5.32 Å². The van der Waals surface area contributed by atoms with Crippen molar-refractivity contribution < 1.29 is 20.0 Å². The molecular weight excluding hydrogens is 296 g/mol. The number of hydroxylamine groups is 1. The summed E-state index contributed by atoms with van der Waals surface area (Å²) in [6.45, 7) is 7.22. The first-order valence-electron chi connectivity index (χ1n) is 8.17. The zero-order chi connectivity index (χ0) is 17.0. The van der Waals surface area contributed by atoms with Crippen LogP contribution in [-0.2, 0) is 5.41 Å². The number of aliphatic hydroxyl groups excluding tert-OH is 2. The molecule has 0 saturated heterocycles. The maximum Gasteiger partial charge on any atom is 0.138 e. The Bertz CT molecular complexity index is 521. The number of nitrogens with one attached hydrogen (secondary N) is 2. The normalized spacial score (nSPS) is 21.7. The van der Waals surface area contributed by atoms with Gasteiger partial charge in [-0.3, -0.25) is 0 Å². The fourth-order valence-corrected chi connectivity index (χ4v) is 3.04. The highest BCUT2D eigenvalue weighted by molar-refractivity contribution is 5.55. The third-order valence-corrected chi connectivity index (χ3v) is 4.30. The predicted molar refractivity (Wildman–Crippen MR) is 89.0 cm³/mol. The van der Waals surface area contributed by atoms with E-state index in [-0.39, 0.29) is 29.7 Å². The standard InChI is InChI=1S/C17H28N2O4/c1-12(7-8-20)18-9-13(21)10-23-15-6-4-5-14-16(15)17(2,3)11-19(14)22/h4-6,12-13,18-21H,7-11H2,1-3H3. The third-order valence-electron chi connectivity index (χ3n) is 4.30. The zero-order valence-electron chi connectivity index (χ0n) is 14.1. The van der Waals surface area contributed by atoms with Crippen LogP contribution in [-0.4, -0.2) is 48.7 Å². The third kappa shape index (κ3) is 4.43. The number of hydrogen-bond donors (Lipinski definition) is 4. The summed E-state index contributed by atoms with van der Waals surface area (Å²) in [7, 11) is 0. The van der Waals surface area contributed by atoms with Crippen LogP contribution >= 0.6 is 0 Å². The van der Waals surface area contributed by atoms with Crippen molar-refractivity contribution in [3.8, 4) is 5.75 Å². The molecule has 6 heteroatoms. The highest BCUT2D eigenvalue weighted by Gasteiger charge is 2.39. The van der Waals surface area contributed by atoms with Crippen LogP contribution in [0.5, 0.6) is 5.75 Å². The highest BCUT2D eigenvalue weighted by Crippen LogP contribution is 2.38. The molecule has 0 fully saturated rings. The monoisotopic (exact) mass is 324 g/mol. The molecule has 6 nitrogen and oxygen atoms in total. The van der Waals surface area contributed by atoms with Gasteiger partial charge in [-0.1, -0.05) is 6.07 Å². The Morgan fingerprint density at radius 1 is 1.43 bits per heavy atom. The molecule has 23 heavy (non-hydrogen) atoms. The summed E-state index contributed by atoms with van der Waals surface area (Å²) >= 11 is 0. The molecule has 1 aliphatic heterocycles. The number of rotatable bonds is 8. The lowest BCUT2D eigenvalue weighted by Gasteiger charge is -2.21. The number of benzene rings is 1. The maximum absolute atomic E-state index is 12.1. The Kier molecular flexibility index (Phi) is 6.00.